The summed E-state index contributed by atoms with van der Waals surface area (Å²) >= 11 is 0. The van der Waals surface area contributed by atoms with Crippen LogP contribution in [0.15, 0.2) is 36.4 Å². The topological polar surface area (TPSA) is 29.3 Å². The molecule has 2 N–H and O–H groups in total. The number of nitrogens with two attached hydrogens (primary N) is 1. The molecule has 0 saturated carbocycles. The molecule has 0 aliphatic rings. The van der Waals surface area contributed by atoms with Crippen LogP contribution >= 0.6 is 0 Å². The van der Waals surface area contributed by atoms with E-state index in [-0.39, 0.29) is 11.4 Å². The molecule has 0 radical (unpaired) electrons. The minimum Gasteiger partial charge on any atom is -0.399 e. The zero-order valence-corrected chi connectivity index (χ0v) is 9.62. The molecule has 0 amide bonds. The maximum atomic E-state index is 13.7. The van der Waals surface area contributed by atoms with Crippen LogP contribution in [0.25, 0.3) is 0 Å². The number of hydrogen-bond donors (Lipinski definition) is 1. The van der Waals surface area contributed by atoms with Crippen LogP contribution in [-0.4, -0.2) is 7.05 Å². The van der Waals surface area contributed by atoms with Gasteiger partial charge in [0.15, 0.2) is 11.6 Å². The normalized spacial score (nSPS) is 10.4. The number of nitrogen functional groups attached to an aromatic ring is 1. The van der Waals surface area contributed by atoms with Crippen molar-refractivity contribution in [2.75, 3.05) is 17.7 Å². The van der Waals surface area contributed by atoms with Gasteiger partial charge in [-0.25, -0.2) is 13.2 Å². The maximum absolute atomic E-state index is 13.7. The largest absolute Gasteiger partial charge is 0.399 e. The predicted octanol–water partition coefficient (Wildman–Crippen LogP) is 3.45. The van der Waals surface area contributed by atoms with Crippen molar-refractivity contribution in [3.63, 3.8) is 0 Å². The van der Waals surface area contributed by atoms with E-state index in [1.54, 1.807) is 0 Å². The van der Waals surface area contributed by atoms with E-state index in [1.165, 1.54) is 36.2 Å². The van der Waals surface area contributed by atoms with Gasteiger partial charge in [0.25, 0.3) is 0 Å². The highest BCUT2D eigenvalue weighted by Gasteiger charge is 2.16. The molecule has 18 heavy (non-hydrogen) atoms. The highest BCUT2D eigenvalue weighted by Crippen LogP contribution is 2.30. The SMILES string of the molecule is CN(c1ccc(F)cc1)c1c(F)cc(N)cc1F. The molecule has 0 atom stereocenters. The highest BCUT2D eigenvalue weighted by atomic mass is 19.1. The van der Waals surface area contributed by atoms with Crippen molar-refractivity contribution < 1.29 is 13.2 Å². The molecule has 0 spiro atoms. The standard InChI is InChI=1S/C13H11F3N2/c1-18(10-4-2-8(14)3-5-10)13-11(15)6-9(17)7-12(13)16/h2-7H,17H2,1H3. The van der Waals surface area contributed by atoms with Crippen molar-refractivity contribution in [2.45, 2.75) is 0 Å². The van der Waals surface area contributed by atoms with E-state index in [4.69, 9.17) is 5.73 Å². The summed E-state index contributed by atoms with van der Waals surface area (Å²) in [6, 6.07) is 7.39. The Kier molecular flexibility index (Phi) is 3.14. The molecule has 0 aromatic heterocycles. The Morgan fingerprint density at radius 1 is 0.944 bits per heavy atom. The lowest BCUT2D eigenvalue weighted by atomic mass is 10.2. The van der Waals surface area contributed by atoms with Gasteiger partial charge in [0.05, 0.1) is 0 Å². The van der Waals surface area contributed by atoms with Gasteiger partial charge >= 0.3 is 0 Å². The van der Waals surface area contributed by atoms with Crippen LogP contribution in [0.2, 0.25) is 0 Å². The van der Waals surface area contributed by atoms with Crippen LogP contribution in [-0.2, 0) is 0 Å². The zero-order chi connectivity index (χ0) is 13.3. The summed E-state index contributed by atoms with van der Waals surface area (Å²) in [6.07, 6.45) is 0. The van der Waals surface area contributed by atoms with Gasteiger partial charge in [-0.2, -0.15) is 0 Å². The fourth-order valence-corrected chi connectivity index (χ4v) is 1.70. The van der Waals surface area contributed by atoms with Gasteiger partial charge < -0.3 is 10.6 Å². The molecule has 0 aliphatic carbocycles. The van der Waals surface area contributed by atoms with E-state index in [9.17, 15) is 13.2 Å². The van der Waals surface area contributed by atoms with Crippen molar-refractivity contribution in [1.82, 2.24) is 0 Å². The molecule has 0 unspecified atom stereocenters. The summed E-state index contributed by atoms with van der Waals surface area (Å²) in [5.41, 5.74) is 5.60. The van der Waals surface area contributed by atoms with Crippen molar-refractivity contribution in [3.05, 3.63) is 53.8 Å². The third kappa shape index (κ3) is 2.25. The first-order valence-corrected chi connectivity index (χ1v) is 5.23. The van der Waals surface area contributed by atoms with Gasteiger partial charge in [-0.15, -0.1) is 0 Å². The van der Waals surface area contributed by atoms with Gasteiger partial charge in [-0.05, 0) is 36.4 Å². The van der Waals surface area contributed by atoms with Crippen LogP contribution < -0.4 is 10.6 Å². The highest BCUT2D eigenvalue weighted by molar-refractivity contribution is 5.65. The van der Waals surface area contributed by atoms with Crippen LogP contribution in [0.3, 0.4) is 0 Å². The third-order valence-corrected chi connectivity index (χ3v) is 2.59. The molecule has 2 rings (SSSR count). The number of benzene rings is 2. The van der Waals surface area contributed by atoms with Gasteiger partial charge in [0.1, 0.15) is 11.5 Å². The van der Waals surface area contributed by atoms with E-state index < -0.39 is 17.5 Å². The Morgan fingerprint density at radius 2 is 1.44 bits per heavy atom. The van der Waals surface area contributed by atoms with E-state index in [0.717, 1.165) is 12.1 Å². The van der Waals surface area contributed by atoms with Crippen molar-refractivity contribution in [1.29, 1.82) is 0 Å². The second-order valence-corrected chi connectivity index (χ2v) is 3.87. The zero-order valence-electron chi connectivity index (χ0n) is 9.62. The first-order chi connectivity index (χ1) is 8.49. The lowest BCUT2D eigenvalue weighted by Gasteiger charge is -2.21. The summed E-state index contributed by atoms with van der Waals surface area (Å²) in [7, 11) is 1.49. The maximum Gasteiger partial charge on any atom is 0.151 e. The fraction of sp³-hybridized carbons (Fsp3) is 0.0769. The molecule has 0 bridgehead atoms. The summed E-state index contributed by atoms with van der Waals surface area (Å²) in [6.45, 7) is 0. The van der Waals surface area contributed by atoms with Crippen molar-refractivity contribution >= 4 is 17.1 Å². The molecular formula is C13H11F3N2. The molecule has 94 valence electrons. The number of anilines is 3. The van der Waals surface area contributed by atoms with Gasteiger partial charge in [-0.1, -0.05) is 0 Å². The summed E-state index contributed by atoms with van der Waals surface area (Å²) in [5, 5.41) is 0. The average molecular weight is 252 g/mol. The molecule has 2 nitrogen and oxygen atoms in total. The molecule has 0 aliphatic heterocycles. The van der Waals surface area contributed by atoms with E-state index in [2.05, 4.69) is 0 Å². The van der Waals surface area contributed by atoms with Crippen LogP contribution in [0.1, 0.15) is 0 Å². The lowest BCUT2D eigenvalue weighted by molar-refractivity contribution is 0.585. The molecular weight excluding hydrogens is 241 g/mol. The first kappa shape index (κ1) is 12.3. The van der Waals surface area contributed by atoms with Gasteiger partial charge in [-0.3, -0.25) is 0 Å². The monoisotopic (exact) mass is 252 g/mol. The van der Waals surface area contributed by atoms with Crippen molar-refractivity contribution in [3.8, 4) is 0 Å². The van der Waals surface area contributed by atoms with Crippen LogP contribution in [0.5, 0.6) is 0 Å². The van der Waals surface area contributed by atoms with E-state index in [0.29, 0.717) is 5.69 Å². The average Bonchev–Trinajstić information content (AvgIpc) is 2.28. The van der Waals surface area contributed by atoms with Crippen molar-refractivity contribution in [2.24, 2.45) is 0 Å². The quantitative estimate of drug-likeness (QED) is 0.829. The van der Waals surface area contributed by atoms with Gasteiger partial charge in [0.2, 0.25) is 0 Å². The number of hydrogen-bond acceptors (Lipinski definition) is 2. The van der Waals surface area contributed by atoms with E-state index >= 15 is 0 Å². The Labute approximate surface area is 102 Å². The molecule has 2 aromatic carbocycles. The molecule has 2 aromatic rings. The second-order valence-electron chi connectivity index (χ2n) is 3.87. The number of nitrogens with zero attached hydrogens (tertiary/aromatic N) is 1. The summed E-state index contributed by atoms with van der Waals surface area (Å²) in [5.74, 6) is -1.94. The lowest BCUT2D eigenvalue weighted by Crippen LogP contribution is -2.13. The Hall–Kier alpha value is -2.17. The minimum absolute atomic E-state index is 0.0151. The van der Waals surface area contributed by atoms with Crippen LogP contribution in [0, 0.1) is 17.5 Å². The summed E-state index contributed by atoms with van der Waals surface area (Å²) in [4.78, 5) is 1.30. The molecule has 0 fully saturated rings. The number of rotatable bonds is 2. The number of halogens is 3. The Balaban J connectivity index is 2.46. The first-order valence-electron chi connectivity index (χ1n) is 5.23. The Morgan fingerprint density at radius 3 is 1.94 bits per heavy atom. The Bertz CT molecular complexity index is 544. The molecule has 0 heterocycles. The molecule has 5 heteroatoms. The van der Waals surface area contributed by atoms with Crippen LogP contribution in [0.4, 0.5) is 30.2 Å². The van der Waals surface area contributed by atoms with E-state index in [1.807, 2.05) is 0 Å². The third-order valence-electron chi connectivity index (χ3n) is 2.59. The minimum atomic E-state index is -0.765. The fourth-order valence-electron chi connectivity index (χ4n) is 1.70. The van der Waals surface area contributed by atoms with Gasteiger partial charge in [0, 0.05) is 18.4 Å². The predicted molar refractivity (Wildman–Crippen MR) is 65.2 cm³/mol. The summed E-state index contributed by atoms with van der Waals surface area (Å²) < 4.78 is 40.2. The second kappa shape index (κ2) is 4.60. The molecule has 0 saturated heterocycles. The smallest absolute Gasteiger partial charge is 0.151 e.